The van der Waals surface area contributed by atoms with Crippen LogP contribution in [0.25, 0.3) is 0 Å². The molecule has 0 saturated heterocycles. The van der Waals surface area contributed by atoms with Crippen molar-refractivity contribution in [3.63, 3.8) is 0 Å². The molecular weight excluding hydrogens is 521 g/mol. The zero-order valence-corrected chi connectivity index (χ0v) is 22.8. The summed E-state index contributed by atoms with van der Waals surface area (Å²) in [6.45, 7) is 6.00. The van der Waals surface area contributed by atoms with Gasteiger partial charge in [-0.1, -0.05) is 42.3 Å². The van der Waals surface area contributed by atoms with Crippen molar-refractivity contribution in [3.05, 3.63) is 58.1 Å². The molecule has 0 aliphatic carbocycles. The summed E-state index contributed by atoms with van der Waals surface area (Å²) in [7, 11) is 0. The number of carboxylic acids is 1. The molecular formula is C27H35Cl2NO7. The summed E-state index contributed by atoms with van der Waals surface area (Å²) in [6, 6.07) is 12.2. The van der Waals surface area contributed by atoms with Crippen LogP contribution in [0.5, 0.6) is 11.5 Å². The Bertz CT molecular complexity index is 951. The molecule has 1 N–H and O–H groups in total. The number of unbranched alkanes of at least 4 members (excludes halogenated alkanes) is 1. The van der Waals surface area contributed by atoms with E-state index in [0.29, 0.717) is 54.5 Å². The summed E-state index contributed by atoms with van der Waals surface area (Å²) in [5.41, 5.74) is 0.834. The highest BCUT2D eigenvalue weighted by molar-refractivity contribution is 6.34. The van der Waals surface area contributed by atoms with Crippen molar-refractivity contribution in [1.82, 2.24) is 4.90 Å². The first kappa shape index (κ1) is 30.5. The van der Waals surface area contributed by atoms with E-state index in [4.69, 9.17) is 42.1 Å². The Morgan fingerprint density at radius 3 is 2.19 bits per heavy atom. The van der Waals surface area contributed by atoms with Crippen molar-refractivity contribution in [2.75, 3.05) is 39.5 Å². The number of carbonyl (C=O) groups excluding carboxylic acids is 1. The van der Waals surface area contributed by atoms with Gasteiger partial charge in [0.1, 0.15) is 18.1 Å². The minimum Gasteiger partial charge on any atom is -0.493 e. The Morgan fingerprint density at radius 1 is 0.892 bits per heavy atom. The van der Waals surface area contributed by atoms with Gasteiger partial charge in [0.25, 0.3) is 0 Å². The SMILES string of the molecule is CCCOC(=O)N(CCCCOc1cc(Cl)cc(Cl)c1)CCOc1ccc(CC(OCC)C(=O)O)cc1. The third kappa shape index (κ3) is 11.9. The molecule has 204 valence electrons. The fraction of sp³-hybridized carbons (Fsp3) is 0.481. The highest BCUT2D eigenvalue weighted by atomic mass is 35.5. The molecule has 1 unspecified atom stereocenters. The van der Waals surface area contributed by atoms with Gasteiger partial charge in [-0.3, -0.25) is 0 Å². The minimum absolute atomic E-state index is 0.272. The van der Waals surface area contributed by atoms with Gasteiger partial charge < -0.3 is 29.0 Å². The van der Waals surface area contributed by atoms with Crippen LogP contribution in [0.1, 0.15) is 38.7 Å². The first-order valence-electron chi connectivity index (χ1n) is 12.4. The van der Waals surface area contributed by atoms with Gasteiger partial charge in [-0.25, -0.2) is 9.59 Å². The standard InChI is InChI=1S/C27H35Cl2NO7/c1-3-13-37-27(33)30(11-5-6-14-35-24-18-21(28)17-22(29)19-24)12-15-36-23-9-7-20(8-10-23)16-25(26(31)32)34-4-2/h7-10,17-19,25H,3-6,11-16H2,1-2H3,(H,31,32). The van der Waals surface area contributed by atoms with Crippen molar-refractivity contribution in [3.8, 4) is 11.5 Å². The van der Waals surface area contributed by atoms with E-state index >= 15 is 0 Å². The fourth-order valence-corrected chi connectivity index (χ4v) is 3.92. The number of carbonyl (C=O) groups is 2. The zero-order valence-electron chi connectivity index (χ0n) is 21.3. The van der Waals surface area contributed by atoms with Crippen LogP contribution in [0, 0.1) is 0 Å². The average molecular weight is 556 g/mol. The maximum Gasteiger partial charge on any atom is 0.409 e. The van der Waals surface area contributed by atoms with E-state index in [1.807, 2.05) is 19.1 Å². The molecule has 1 atom stereocenters. The molecule has 2 aromatic rings. The summed E-state index contributed by atoms with van der Waals surface area (Å²) in [5, 5.41) is 10.3. The molecule has 0 aliphatic rings. The van der Waals surface area contributed by atoms with E-state index in [1.54, 1.807) is 42.2 Å². The number of nitrogens with zero attached hydrogens (tertiary/aromatic N) is 1. The lowest BCUT2D eigenvalue weighted by atomic mass is 10.1. The number of ether oxygens (including phenoxy) is 4. The number of rotatable bonds is 17. The van der Waals surface area contributed by atoms with Crippen molar-refractivity contribution < 1.29 is 33.6 Å². The maximum atomic E-state index is 12.5. The number of carboxylic acid groups (broad SMARTS) is 1. The molecule has 2 aromatic carbocycles. The van der Waals surface area contributed by atoms with Gasteiger partial charge in [-0.05, 0) is 62.1 Å². The summed E-state index contributed by atoms with van der Waals surface area (Å²) < 4.78 is 22.1. The third-order valence-corrected chi connectivity index (χ3v) is 5.67. The molecule has 0 bridgehead atoms. The number of aliphatic carboxylic acids is 1. The van der Waals surface area contributed by atoms with Crippen molar-refractivity contribution in [1.29, 1.82) is 0 Å². The van der Waals surface area contributed by atoms with Crippen LogP contribution < -0.4 is 9.47 Å². The smallest absolute Gasteiger partial charge is 0.409 e. The van der Waals surface area contributed by atoms with Crippen LogP contribution >= 0.6 is 23.2 Å². The molecule has 2 rings (SSSR count). The first-order valence-corrected chi connectivity index (χ1v) is 13.1. The maximum absolute atomic E-state index is 12.5. The second-order valence-corrected chi connectivity index (χ2v) is 9.11. The molecule has 8 nitrogen and oxygen atoms in total. The van der Waals surface area contributed by atoms with Gasteiger partial charge >= 0.3 is 12.1 Å². The molecule has 0 aliphatic heterocycles. The molecule has 1 amide bonds. The summed E-state index contributed by atoms with van der Waals surface area (Å²) >= 11 is 12.0. The molecule has 37 heavy (non-hydrogen) atoms. The number of amides is 1. The molecule has 0 fully saturated rings. The van der Waals surface area contributed by atoms with Gasteiger partial charge in [0.2, 0.25) is 0 Å². The lowest BCUT2D eigenvalue weighted by molar-refractivity contribution is -0.149. The Kier molecular flexibility index (Phi) is 14.0. The number of hydrogen-bond acceptors (Lipinski definition) is 6. The zero-order chi connectivity index (χ0) is 27.0. The Hall–Kier alpha value is -2.68. The van der Waals surface area contributed by atoms with E-state index in [2.05, 4.69) is 0 Å². The van der Waals surface area contributed by atoms with E-state index in [1.165, 1.54) is 0 Å². The van der Waals surface area contributed by atoms with Crippen molar-refractivity contribution >= 4 is 35.3 Å². The van der Waals surface area contributed by atoms with E-state index in [0.717, 1.165) is 24.8 Å². The normalized spacial score (nSPS) is 11.6. The molecule has 10 heteroatoms. The van der Waals surface area contributed by atoms with Gasteiger partial charge in [0, 0.05) is 29.6 Å². The van der Waals surface area contributed by atoms with Crippen LogP contribution in [0.15, 0.2) is 42.5 Å². The Balaban J connectivity index is 1.80. The Labute approximate surface area is 228 Å². The van der Waals surface area contributed by atoms with Crippen LogP contribution in [0.4, 0.5) is 4.79 Å². The van der Waals surface area contributed by atoms with Crippen molar-refractivity contribution in [2.45, 2.75) is 45.6 Å². The summed E-state index contributed by atoms with van der Waals surface area (Å²) in [5.74, 6) is 0.243. The topological polar surface area (TPSA) is 94.5 Å². The van der Waals surface area contributed by atoms with Crippen LogP contribution in [-0.4, -0.2) is 67.7 Å². The fourth-order valence-electron chi connectivity index (χ4n) is 3.41. The van der Waals surface area contributed by atoms with Gasteiger partial charge in [-0.15, -0.1) is 0 Å². The van der Waals surface area contributed by atoms with Crippen LogP contribution in [0.3, 0.4) is 0 Å². The van der Waals surface area contributed by atoms with E-state index < -0.39 is 12.1 Å². The molecule has 0 saturated carbocycles. The average Bonchev–Trinajstić information content (AvgIpc) is 2.86. The largest absolute Gasteiger partial charge is 0.493 e. The highest BCUT2D eigenvalue weighted by Gasteiger charge is 2.18. The first-order chi connectivity index (χ1) is 17.8. The lowest BCUT2D eigenvalue weighted by Gasteiger charge is -2.22. The van der Waals surface area contributed by atoms with Crippen molar-refractivity contribution in [2.24, 2.45) is 0 Å². The lowest BCUT2D eigenvalue weighted by Crippen LogP contribution is -2.36. The minimum atomic E-state index is -0.988. The van der Waals surface area contributed by atoms with E-state index in [9.17, 15) is 14.7 Å². The summed E-state index contributed by atoms with van der Waals surface area (Å²) in [6.07, 6.45) is 1.20. The number of halogens is 2. The Morgan fingerprint density at radius 2 is 1.57 bits per heavy atom. The molecule has 0 heterocycles. The second kappa shape index (κ2) is 16.9. The number of hydrogen-bond donors (Lipinski definition) is 1. The quantitative estimate of drug-likeness (QED) is 0.235. The van der Waals surface area contributed by atoms with E-state index in [-0.39, 0.29) is 19.1 Å². The van der Waals surface area contributed by atoms with Gasteiger partial charge in [0.15, 0.2) is 6.10 Å². The predicted molar refractivity (Wildman–Crippen MR) is 143 cm³/mol. The van der Waals surface area contributed by atoms with Gasteiger partial charge in [-0.2, -0.15) is 0 Å². The van der Waals surface area contributed by atoms with Crippen LogP contribution in [-0.2, 0) is 20.7 Å². The third-order valence-electron chi connectivity index (χ3n) is 5.23. The molecule has 0 radical (unpaired) electrons. The predicted octanol–water partition coefficient (Wildman–Crippen LogP) is 6.11. The summed E-state index contributed by atoms with van der Waals surface area (Å²) in [4.78, 5) is 25.4. The number of benzene rings is 2. The van der Waals surface area contributed by atoms with Crippen LogP contribution in [0.2, 0.25) is 10.0 Å². The highest BCUT2D eigenvalue weighted by Crippen LogP contribution is 2.24. The second-order valence-electron chi connectivity index (χ2n) is 8.24. The monoisotopic (exact) mass is 555 g/mol. The molecule has 0 aromatic heterocycles. The molecule has 0 spiro atoms. The van der Waals surface area contributed by atoms with Gasteiger partial charge in [0.05, 0.1) is 19.8 Å².